The third kappa shape index (κ3) is 5.97. The first-order valence-corrected chi connectivity index (χ1v) is 11.9. The number of anilines is 1. The zero-order valence-electron chi connectivity index (χ0n) is 20.9. The van der Waals surface area contributed by atoms with Gasteiger partial charge in [0.05, 0.1) is 24.9 Å². The minimum Gasteiger partial charge on any atom is -0.495 e. The van der Waals surface area contributed by atoms with E-state index in [0.29, 0.717) is 23.5 Å². The normalized spacial score (nSPS) is 11.1. The maximum absolute atomic E-state index is 13.3. The Bertz CT molecular complexity index is 1180. The van der Waals surface area contributed by atoms with Gasteiger partial charge in [0, 0.05) is 17.5 Å². The lowest BCUT2D eigenvalue weighted by molar-refractivity contribution is 0.202. The van der Waals surface area contributed by atoms with Crippen LogP contribution in [0.15, 0.2) is 47.3 Å². The molecule has 7 nitrogen and oxygen atoms in total. The van der Waals surface area contributed by atoms with Gasteiger partial charge in [-0.05, 0) is 69.2 Å². The first-order valence-electron chi connectivity index (χ1n) is 11.9. The van der Waals surface area contributed by atoms with Crippen LogP contribution in [0.2, 0.25) is 0 Å². The summed E-state index contributed by atoms with van der Waals surface area (Å²) in [5.41, 5.74) is 3.96. The van der Waals surface area contributed by atoms with Crippen molar-refractivity contribution in [3.05, 3.63) is 69.5 Å². The summed E-state index contributed by atoms with van der Waals surface area (Å²) in [6.45, 7) is 11.8. The van der Waals surface area contributed by atoms with Crippen LogP contribution in [0.1, 0.15) is 37.0 Å². The standard InChI is InChI=1S/C27H36N4O3/c1-6-30(7-2)15-10-16-31(27(33)28-23-11-8-9-12-24(23)34-5)18-21-17-22-19(3)13-14-20(4)25(22)29-26(21)32/h8-9,11-14,17H,6-7,10,15-16,18H2,1-5H3,(H,28,33)(H,29,32). The second kappa shape index (κ2) is 11.7. The smallest absolute Gasteiger partial charge is 0.322 e. The van der Waals surface area contributed by atoms with Crippen LogP contribution in [-0.2, 0) is 6.54 Å². The summed E-state index contributed by atoms with van der Waals surface area (Å²) in [4.78, 5) is 33.3. The number of hydrogen-bond acceptors (Lipinski definition) is 4. The minimum atomic E-state index is -0.260. The number of carbonyl (C=O) groups excluding carboxylic acids is 1. The molecule has 0 spiro atoms. The van der Waals surface area contributed by atoms with E-state index >= 15 is 0 Å². The number of nitrogens with zero attached hydrogens (tertiary/aromatic N) is 2. The topological polar surface area (TPSA) is 77.7 Å². The molecule has 0 saturated carbocycles. The van der Waals surface area contributed by atoms with E-state index in [1.807, 2.05) is 38.1 Å². The van der Waals surface area contributed by atoms with E-state index in [1.54, 1.807) is 24.1 Å². The number of aryl methyl sites for hydroxylation is 2. The van der Waals surface area contributed by atoms with Gasteiger partial charge in [-0.15, -0.1) is 0 Å². The molecule has 7 heteroatoms. The number of para-hydroxylation sites is 2. The third-order valence-corrected chi connectivity index (χ3v) is 6.31. The van der Waals surface area contributed by atoms with Gasteiger partial charge < -0.3 is 24.8 Å². The van der Waals surface area contributed by atoms with Crippen LogP contribution >= 0.6 is 0 Å². The number of methoxy groups -OCH3 is 1. The average Bonchev–Trinajstić information content (AvgIpc) is 2.84. The number of urea groups is 1. The van der Waals surface area contributed by atoms with Crippen molar-refractivity contribution < 1.29 is 9.53 Å². The fourth-order valence-corrected chi connectivity index (χ4v) is 4.16. The highest BCUT2D eigenvalue weighted by Crippen LogP contribution is 2.24. The predicted molar refractivity (Wildman–Crippen MR) is 139 cm³/mol. The van der Waals surface area contributed by atoms with Crippen LogP contribution in [0, 0.1) is 13.8 Å². The van der Waals surface area contributed by atoms with Gasteiger partial charge in [0.15, 0.2) is 0 Å². The van der Waals surface area contributed by atoms with Crippen molar-refractivity contribution in [2.75, 3.05) is 38.6 Å². The van der Waals surface area contributed by atoms with Gasteiger partial charge in [-0.3, -0.25) is 4.79 Å². The molecule has 0 radical (unpaired) electrons. The number of benzene rings is 2. The van der Waals surface area contributed by atoms with Crippen molar-refractivity contribution in [1.82, 2.24) is 14.8 Å². The summed E-state index contributed by atoms with van der Waals surface area (Å²) in [6.07, 6.45) is 0.810. The maximum atomic E-state index is 13.3. The molecule has 0 aliphatic heterocycles. The van der Waals surface area contributed by atoms with Crippen LogP contribution < -0.4 is 15.6 Å². The predicted octanol–water partition coefficient (Wildman–Crippen LogP) is 4.92. The Labute approximate surface area is 201 Å². The zero-order chi connectivity index (χ0) is 24.7. The molecule has 3 aromatic rings. The zero-order valence-corrected chi connectivity index (χ0v) is 20.9. The number of carbonyl (C=O) groups is 1. The van der Waals surface area contributed by atoms with Gasteiger partial charge in [-0.25, -0.2) is 4.79 Å². The van der Waals surface area contributed by atoms with E-state index in [4.69, 9.17) is 4.74 Å². The molecule has 1 heterocycles. The highest BCUT2D eigenvalue weighted by molar-refractivity contribution is 5.91. The number of H-pyrrole nitrogens is 1. The van der Waals surface area contributed by atoms with Crippen molar-refractivity contribution in [3.8, 4) is 5.75 Å². The molecule has 0 fully saturated rings. The van der Waals surface area contributed by atoms with E-state index in [-0.39, 0.29) is 18.1 Å². The SMILES string of the molecule is CCN(CC)CCCN(Cc1cc2c(C)ccc(C)c2[nH]c1=O)C(=O)Nc1ccccc1OC. The van der Waals surface area contributed by atoms with E-state index < -0.39 is 0 Å². The molecule has 0 bridgehead atoms. The number of rotatable bonds is 10. The Hall–Kier alpha value is -3.32. The summed E-state index contributed by atoms with van der Waals surface area (Å²) in [5.74, 6) is 0.591. The van der Waals surface area contributed by atoms with Crippen LogP contribution in [0.4, 0.5) is 10.5 Å². The minimum absolute atomic E-state index is 0.167. The van der Waals surface area contributed by atoms with Crippen molar-refractivity contribution in [1.29, 1.82) is 0 Å². The highest BCUT2D eigenvalue weighted by atomic mass is 16.5. The van der Waals surface area contributed by atoms with Crippen LogP contribution in [0.5, 0.6) is 5.75 Å². The Kier molecular flexibility index (Phi) is 8.71. The molecule has 182 valence electrons. The first kappa shape index (κ1) is 25.3. The summed E-state index contributed by atoms with van der Waals surface area (Å²) in [5, 5.41) is 3.96. The number of nitrogens with one attached hydrogen (secondary N) is 2. The number of pyridine rings is 1. The lowest BCUT2D eigenvalue weighted by Gasteiger charge is -2.25. The summed E-state index contributed by atoms with van der Waals surface area (Å²) >= 11 is 0. The largest absolute Gasteiger partial charge is 0.495 e. The van der Waals surface area contributed by atoms with Gasteiger partial charge in [-0.1, -0.05) is 38.1 Å². The van der Waals surface area contributed by atoms with E-state index in [1.165, 1.54) is 0 Å². The molecule has 2 N–H and O–H groups in total. The number of hydrogen-bond donors (Lipinski definition) is 2. The van der Waals surface area contributed by atoms with Gasteiger partial charge in [-0.2, -0.15) is 0 Å². The van der Waals surface area contributed by atoms with Crippen LogP contribution in [0.25, 0.3) is 10.9 Å². The van der Waals surface area contributed by atoms with Crippen molar-refractivity contribution in [3.63, 3.8) is 0 Å². The molecule has 0 aliphatic carbocycles. The second-order valence-electron chi connectivity index (χ2n) is 8.54. The molecule has 3 rings (SSSR count). The first-order chi connectivity index (χ1) is 16.4. The molecule has 2 amide bonds. The van der Waals surface area contributed by atoms with Gasteiger partial charge >= 0.3 is 6.03 Å². The molecule has 2 aromatic carbocycles. The average molecular weight is 465 g/mol. The molecule has 0 saturated heterocycles. The Morgan fingerprint density at radius 1 is 1.03 bits per heavy atom. The number of amides is 2. The third-order valence-electron chi connectivity index (χ3n) is 6.31. The Balaban J connectivity index is 1.88. The van der Waals surface area contributed by atoms with Crippen molar-refractivity contribution in [2.24, 2.45) is 0 Å². The quantitative estimate of drug-likeness (QED) is 0.446. The Morgan fingerprint density at radius 3 is 2.44 bits per heavy atom. The number of aromatic nitrogens is 1. The highest BCUT2D eigenvalue weighted by Gasteiger charge is 2.18. The van der Waals surface area contributed by atoms with Gasteiger partial charge in [0.25, 0.3) is 5.56 Å². The monoisotopic (exact) mass is 464 g/mol. The van der Waals surface area contributed by atoms with Gasteiger partial charge in [0.1, 0.15) is 5.75 Å². The second-order valence-corrected chi connectivity index (χ2v) is 8.54. The van der Waals surface area contributed by atoms with Crippen LogP contribution in [0.3, 0.4) is 0 Å². The number of fused-ring (bicyclic) bond motifs is 1. The van der Waals surface area contributed by atoms with E-state index in [0.717, 1.165) is 48.1 Å². The maximum Gasteiger partial charge on any atom is 0.322 e. The molecule has 0 unspecified atom stereocenters. The van der Waals surface area contributed by atoms with E-state index in [9.17, 15) is 9.59 Å². The fourth-order valence-electron chi connectivity index (χ4n) is 4.16. The fraction of sp³-hybridized carbons (Fsp3) is 0.407. The lowest BCUT2D eigenvalue weighted by Crippen LogP contribution is -2.38. The van der Waals surface area contributed by atoms with Crippen molar-refractivity contribution in [2.45, 2.75) is 40.7 Å². The lowest BCUT2D eigenvalue weighted by atomic mass is 10.0. The molecule has 1 aromatic heterocycles. The summed E-state index contributed by atoms with van der Waals surface area (Å²) in [7, 11) is 1.58. The molecular weight excluding hydrogens is 428 g/mol. The number of ether oxygens (including phenoxy) is 1. The number of aromatic amines is 1. The Morgan fingerprint density at radius 2 is 1.74 bits per heavy atom. The van der Waals surface area contributed by atoms with E-state index in [2.05, 4.69) is 35.1 Å². The summed E-state index contributed by atoms with van der Waals surface area (Å²) in [6, 6.07) is 13.0. The molecule has 34 heavy (non-hydrogen) atoms. The van der Waals surface area contributed by atoms with Crippen molar-refractivity contribution >= 4 is 22.6 Å². The molecule has 0 aliphatic rings. The summed E-state index contributed by atoms with van der Waals surface area (Å²) < 4.78 is 5.38. The molecular formula is C27H36N4O3. The van der Waals surface area contributed by atoms with Gasteiger partial charge in [0.2, 0.25) is 0 Å². The molecule has 0 atom stereocenters. The van der Waals surface area contributed by atoms with Crippen LogP contribution in [-0.4, -0.2) is 54.1 Å².